The molecule has 3 N–H and O–H groups in total. The lowest BCUT2D eigenvalue weighted by atomic mass is 10.2. The van der Waals surface area contributed by atoms with Gasteiger partial charge in [-0.05, 0) is 12.1 Å². The number of benzene rings is 1. The largest absolute Gasteiger partial charge is 0.492 e. The molecule has 19 heavy (non-hydrogen) atoms. The average molecular weight is 298 g/mol. The van der Waals surface area contributed by atoms with E-state index < -0.39 is 21.8 Å². The normalized spacial score (nSPS) is 12.4. The molecule has 0 amide bonds. The molecule has 0 radical (unpaired) electrons. The number of nitrogen functional groups attached to an aromatic ring is 1. The summed E-state index contributed by atoms with van der Waals surface area (Å²) in [6, 6.07) is 2.83. The molecule has 0 unspecified atom stereocenters. The number of alkyl halides is 3. The van der Waals surface area contributed by atoms with E-state index in [9.17, 15) is 21.6 Å². The van der Waals surface area contributed by atoms with Crippen LogP contribution < -0.4 is 15.2 Å². The van der Waals surface area contributed by atoms with Gasteiger partial charge in [0.15, 0.2) is 0 Å². The van der Waals surface area contributed by atoms with Crippen molar-refractivity contribution < 1.29 is 26.3 Å². The number of halogens is 3. The number of hydrogen-bond acceptors (Lipinski definition) is 4. The summed E-state index contributed by atoms with van der Waals surface area (Å²) in [5, 5.41) is 0. The maximum atomic E-state index is 12.5. The molecule has 1 rings (SSSR count). The van der Waals surface area contributed by atoms with Crippen molar-refractivity contribution in [1.29, 1.82) is 0 Å². The molecular weight excluding hydrogens is 285 g/mol. The van der Waals surface area contributed by atoms with Crippen molar-refractivity contribution in [3.8, 4) is 5.75 Å². The van der Waals surface area contributed by atoms with E-state index in [1.807, 2.05) is 0 Å². The molecule has 0 aliphatic carbocycles. The molecule has 9 heteroatoms. The summed E-state index contributed by atoms with van der Waals surface area (Å²) < 4.78 is 66.1. The van der Waals surface area contributed by atoms with E-state index >= 15 is 0 Å². The Hall–Kier alpha value is -1.48. The number of hydrogen-bond donors (Lipinski definition) is 2. The van der Waals surface area contributed by atoms with Crippen molar-refractivity contribution in [1.82, 2.24) is 4.72 Å². The minimum absolute atomic E-state index is 0.0466. The highest BCUT2D eigenvalue weighted by molar-refractivity contribution is 7.88. The highest BCUT2D eigenvalue weighted by Gasteiger charge is 2.31. The molecule has 1 aromatic carbocycles. The van der Waals surface area contributed by atoms with Gasteiger partial charge >= 0.3 is 6.18 Å². The van der Waals surface area contributed by atoms with Crippen molar-refractivity contribution in [2.24, 2.45) is 0 Å². The van der Waals surface area contributed by atoms with Crippen molar-refractivity contribution in [3.05, 3.63) is 23.8 Å². The Labute approximate surface area is 108 Å². The summed E-state index contributed by atoms with van der Waals surface area (Å²) in [6.45, 7) is -0.150. The van der Waals surface area contributed by atoms with Gasteiger partial charge in [-0.3, -0.25) is 0 Å². The highest BCUT2D eigenvalue weighted by Crippen LogP contribution is 2.33. The van der Waals surface area contributed by atoms with Crippen LogP contribution in [0.3, 0.4) is 0 Å². The molecular formula is C10H13F3N2O3S. The van der Waals surface area contributed by atoms with Crippen LogP contribution in [0, 0.1) is 0 Å². The Morgan fingerprint density at radius 3 is 2.47 bits per heavy atom. The predicted octanol–water partition coefficient (Wildman–Crippen LogP) is 1.22. The molecule has 108 valence electrons. The molecule has 0 aliphatic heterocycles. The van der Waals surface area contributed by atoms with E-state index in [2.05, 4.69) is 4.72 Å². The summed E-state index contributed by atoms with van der Waals surface area (Å²) in [7, 11) is -3.35. The Morgan fingerprint density at radius 2 is 1.95 bits per heavy atom. The number of nitrogens with two attached hydrogens (primary N) is 1. The van der Waals surface area contributed by atoms with Crippen LogP contribution in [0.1, 0.15) is 5.56 Å². The van der Waals surface area contributed by atoms with Gasteiger partial charge in [0.2, 0.25) is 10.0 Å². The van der Waals surface area contributed by atoms with Gasteiger partial charge in [0.1, 0.15) is 12.4 Å². The van der Waals surface area contributed by atoms with Crippen LogP contribution in [0.4, 0.5) is 18.9 Å². The van der Waals surface area contributed by atoms with Crippen molar-refractivity contribution in [2.45, 2.75) is 6.18 Å². The van der Waals surface area contributed by atoms with Crippen LogP contribution in [-0.2, 0) is 16.2 Å². The topological polar surface area (TPSA) is 81.4 Å². The molecule has 5 nitrogen and oxygen atoms in total. The van der Waals surface area contributed by atoms with Crippen LogP contribution in [-0.4, -0.2) is 27.8 Å². The van der Waals surface area contributed by atoms with Crippen molar-refractivity contribution in [3.63, 3.8) is 0 Å². The third-order valence-electron chi connectivity index (χ3n) is 1.99. The quantitative estimate of drug-likeness (QED) is 0.632. The second-order valence-corrected chi connectivity index (χ2v) is 5.64. The zero-order valence-corrected chi connectivity index (χ0v) is 10.8. The van der Waals surface area contributed by atoms with Crippen molar-refractivity contribution >= 4 is 15.7 Å². The molecule has 0 atom stereocenters. The maximum absolute atomic E-state index is 12.5. The Balaban J connectivity index is 2.67. The van der Waals surface area contributed by atoms with E-state index in [1.54, 1.807) is 0 Å². The van der Waals surface area contributed by atoms with Crippen LogP contribution in [0.15, 0.2) is 18.2 Å². The first kappa shape index (κ1) is 15.6. The number of nitrogens with one attached hydrogen (secondary N) is 1. The average Bonchev–Trinajstić information content (AvgIpc) is 2.21. The Morgan fingerprint density at radius 1 is 1.32 bits per heavy atom. The van der Waals surface area contributed by atoms with E-state index in [4.69, 9.17) is 10.5 Å². The summed E-state index contributed by atoms with van der Waals surface area (Å²) >= 11 is 0. The summed E-state index contributed by atoms with van der Waals surface area (Å²) in [5.74, 6) is -0.0670. The third kappa shape index (κ3) is 5.79. The number of sulfonamides is 1. The number of rotatable bonds is 5. The molecule has 0 bridgehead atoms. The molecule has 0 aliphatic rings. The zero-order valence-electron chi connectivity index (χ0n) is 9.99. The minimum Gasteiger partial charge on any atom is -0.492 e. The standard InChI is InChI=1S/C10H13F3N2O3S/c1-19(16,17)15-2-3-18-9-5-7(10(11,12)13)4-8(14)6-9/h4-6,15H,2-3,14H2,1H3. The number of ether oxygens (including phenoxy) is 1. The van der Waals surface area contributed by atoms with Crippen LogP contribution >= 0.6 is 0 Å². The lowest BCUT2D eigenvalue weighted by Gasteiger charge is -2.11. The molecule has 0 heterocycles. The highest BCUT2D eigenvalue weighted by atomic mass is 32.2. The van der Waals surface area contributed by atoms with Gasteiger partial charge in [-0.1, -0.05) is 0 Å². The SMILES string of the molecule is CS(=O)(=O)NCCOc1cc(N)cc(C(F)(F)F)c1. The van der Waals surface area contributed by atoms with Gasteiger partial charge in [0.25, 0.3) is 0 Å². The molecule has 0 aromatic heterocycles. The first-order chi connectivity index (χ1) is 8.58. The lowest BCUT2D eigenvalue weighted by Crippen LogP contribution is -2.26. The Bertz CT molecular complexity index is 543. The summed E-state index contributed by atoms with van der Waals surface area (Å²) in [6.07, 6.45) is -3.55. The second kappa shape index (κ2) is 5.66. The van der Waals surface area contributed by atoms with Gasteiger partial charge in [-0.25, -0.2) is 13.1 Å². The van der Waals surface area contributed by atoms with Crippen LogP contribution in [0.5, 0.6) is 5.75 Å². The van der Waals surface area contributed by atoms with Gasteiger partial charge in [-0.15, -0.1) is 0 Å². The molecule has 0 fully saturated rings. The predicted molar refractivity (Wildman–Crippen MR) is 64.2 cm³/mol. The first-order valence-electron chi connectivity index (χ1n) is 5.13. The van der Waals surface area contributed by atoms with Gasteiger partial charge in [0, 0.05) is 18.3 Å². The van der Waals surface area contributed by atoms with Crippen molar-refractivity contribution in [2.75, 3.05) is 25.1 Å². The first-order valence-corrected chi connectivity index (χ1v) is 7.02. The molecule has 0 spiro atoms. The number of anilines is 1. The van der Waals surface area contributed by atoms with Crippen LogP contribution in [0.2, 0.25) is 0 Å². The van der Waals surface area contributed by atoms with Crippen LogP contribution in [0.25, 0.3) is 0 Å². The summed E-state index contributed by atoms with van der Waals surface area (Å²) in [4.78, 5) is 0. The fourth-order valence-corrected chi connectivity index (χ4v) is 1.72. The van der Waals surface area contributed by atoms with Gasteiger partial charge in [-0.2, -0.15) is 13.2 Å². The summed E-state index contributed by atoms with van der Waals surface area (Å²) in [5.41, 5.74) is 4.34. The fraction of sp³-hybridized carbons (Fsp3) is 0.400. The second-order valence-electron chi connectivity index (χ2n) is 3.80. The molecule has 0 saturated heterocycles. The van der Waals surface area contributed by atoms with Gasteiger partial charge in [0.05, 0.1) is 11.8 Å². The molecule has 1 aromatic rings. The van der Waals surface area contributed by atoms with E-state index in [0.29, 0.717) is 0 Å². The Kier molecular flexibility index (Phi) is 4.64. The molecule has 0 saturated carbocycles. The monoisotopic (exact) mass is 298 g/mol. The minimum atomic E-state index is -4.52. The third-order valence-corrected chi connectivity index (χ3v) is 2.72. The van der Waals surface area contributed by atoms with Gasteiger partial charge < -0.3 is 10.5 Å². The smallest absolute Gasteiger partial charge is 0.416 e. The van der Waals surface area contributed by atoms with E-state index in [1.165, 1.54) is 6.07 Å². The lowest BCUT2D eigenvalue weighted by molar-refractivity contribution is -0.137. The fourth-order valence-electron chi connectivity index (χ4n) is 1.27. The maximum Gasteiger partial charge on any atom is 0.416 e. The van der Waals surface area contributed by atoms with E-state index in [0.717, 1.165) is 18.4 Å². The zero-order chi connectivity index (χ0) is 14.7. The van der Waals surface area contributed by atoms with E-state index in [-0.39, 0.29) is 24.6 Å².